The highest BCUT2D eigenvalue weighted by Gasteiger charge is 2.12. The Hall–Kier alpha value is -1.55. The fourth-order valence-electron chi connectivity index (χ4n) is 1.12. The summed E-state index contributed by atoms with van der Waals surface area (Å²) in [5.41, 5.74) is 0.710. The number of hydrogen-bond acceptors (Lipinski definition) is 4. The van der Waals surface area contributed by atoms with Gasteiger partial charge in [0.25, 0.3) is 0 Å². The Morgan fingerprint density at radius 3 is 2.88 bits per heavy atom. The van der Waals surface area contributed by atoms with Crippen LogP contribution in [0, 0.1) is 0 Å². The van der Waals surface area contributed by atoms with Crippen molar-refractivity contribution in [3.05, 3.63) is 35.1 Å². The number of methoxy groups -OCH3 is 1. The third-order valence-corrected chi connectivity index (χ3v) is 2.17. The molecule has 0 amide bonds. The molecule has 0 atom stereocenters. The van der Waals surface area contributed by atoms with Gasteiger partial charge >= 0.3 is 5.97 Å². The van der Waals surface area contributed by atoms with Crippen LogP contribution >= 0.6 is 11.6 Å². The third-order valence-electron chi connectivity index (χ3n) is 1.87. The average Bonchev–Trinajstić information content (AvgIpc) is 2.29. The van der Waals surface area contributed by atoms with E-state index in [-0.39, 0.29) is 5.69 Å². The molecule has 0 radical (unpaired) electrons. The topological polar surface area (TPSA) is 48.4 Å². The summed E-state index contributed by atoms with van der Waals surface area (Å²) in [5, 5.41) is 0.381. The molecule has 0 aliphatic rings. The summed E-state index contributed by atoms with van der Waals surface area (Å²) in [6.07, 6.45) is 1.37. The van der Waals surface area contributed by atoms with Crippen molar-refractivity contribution in [2.24, 2.45) is 0 Å². The maximum absolute atomic E-state index is 11.3. The minimum atomic E-state index is -0.526. The van der Waals surface area contributed by atoms with E-state index >= 15 is 0 Å². The van der Waals surface area contributed by atoms with Crippen LogP contribution in [-0.4, -0.2) is 24.7 Å². The van der Waals surface area contributed by atoms with Crippen molar-refractivity contribution < 1.29 is 14.3 Å². The summed E-state index contributed by atoms with van der Waals surface area (Å²) >= 11 is 5.92. The Morgan fingerprint density at radius 2 is 2.31 bits per heavy atom. The lowest BCUT2D eigenvalue weighted by molar-refractivity contribution is 0.0594. The average molecular weight is 242 g/mol. The summed E-state index contributed by atoms with van der Waals surface area (Å²) in [4.78, 5) is 15.1. The van der Waals surface area contributed by atoms with Crippen LogP contribution < -0.4 is 0 Å². The van der Waals surface area contributed by atoms with Crippen molar-refractivity contribution in [3.8, 4) is 0 Å². The molecule has 5 heteroatoms. The van der Waals surface area contributed by atoms with Gasteiger partial charge in [-0.25, -0.2) is 9.78 Å². The number of rotatable bonds is 4. The van der Waals surface area contributed by atoms with Crippen molar-refractivity contribution in [2.75, 3.05) is 13.7 Å². The fraction of sp³-hybridized carbons (Fsp3) is 0.273. The molecule has 0 aliphatic carbocycles. The van der Waals surface area contributed by atoms with Crippen LogP contribution in [0.1, 0.15) is 23.0 Å². The lowest BCUT2D eigenvalue weighted by Crippen LogP contribution is -2.05. The molecule has 0 aliphatic heterocycles. The van der Waals surface area contributed by atoms with Gasteiger partial charge in [0.1, 0.15) is 11.5 Å². The second-order valence-electron chi connectivity index (χ2n) is 2.90. The zero-order valence-electron chi connectivity index (χ0n) is 9.12. The Kier molecular flexibility index (Phi) is 4.31. The van der Waals surface area contributed by atoms with E-state index in [2.05, 4.69) is 16.3 Å². The van der Waals surface area contributed by atoms with Gasteiger partial charge in [-0.05, 0) is 13.0 Å². The van der Waals surface area contributed by atoms with Crippen LogP contribution in [0.5, 0.6) is 0 Å². The molecular weight excluding hydrogens is 230 g/mol. The second kappa shape index (κ2) is 5.51. The van der Waals surface area contributed by atoms with Crippen molar-refractivity contribution in [3.63, 3.8) is 0 Å². The van der Waals surface area contributed by atoms with Crippen LogP contribution in [0.2, 0.25) is 5.02 Å². The Bertz CT molecular complexity index is 418. The van der Waals surface area contributed by atoms with Crippen LogP contribution in [0.25, 0.3) is 5.76 Å². The predicted molar refractivity (Wildman–Crippen MR) is 61.2 cm³/mol. The summed E-state index contributed by atoms with van der Waals surface area (Å²) in [7, 11) is 1.29. The van der Waals surface area contributed by atoms with E-state index in [1.165, 1.54) is 19.4 Å². The number of carbonyl (C=O) groups excluding carboxylic acids is 1. The first-order chi connectivity index (χ1) is 7.60. The van der Waals surface area contributed by atoms with Gasteiger partial charge in [0.2, 0.25) is 0 Å². The monoisotopic (exact) mass is 241 g/mol. The highest BCUT2D eigenvalue weighted by atomic mass is 35.5. The molecule has 1 rings (SSSR count). The van der Waals surface area contributed by atoms with E-state index in [0.717, 1.165) is 0 Å². The maximum Gasteiger partial charge on any atom is 0.356 e. The fourth-order valence-corrected chi connectivity index (χ4v) is 1.33. The summed E-state index contributed by atoms with van der Waals surface area (Å²) in [6, 6.07) is 1.49. The van der Waals surface area contributed by atoms with E-state index in [1.54, 1.807) is 0 Å². The zero-order valence-corrected chi connectivity index (χ0v) is 9.87. The van der Waals surface area contributed by atoms with Crippen LogP contribution in [0.3, 0.4) is 0 Å². The molecule has 0 fully saturated rings. The third kappa shape index (κ3) is 2.73. The quantitative estimate of drug-likeness (QED) is 0.600. The summed E-state index contributed by atoms with van der Waals surface area (Å²) < 4.78 is 9.77. The lowest BCUT2D eigenvalue weighted by Gasteiger charge is -2.09. The molecule has 0 spiro atoms. The van der Waals surface area contributed by atoms with E-state index in [1.807, 2.05) is 6.92 Å². The normalized spacial score (nSPS) is 9.69. The van der Waals surface area contributed by atoms with E-state index in [0.29, 0.717) is 23.0 Å². The standard InChI is InChI=1S/C11H12ClNO3/c1-4-16-7(2)8-5-10(11(14)15-3)13-6-9(8)12/h5-6H,2,4H2,1,3H3. The number of pyridine rings is 1. The van der Waals surface area contributed by atoms with Gasteiger partial charge in [-0.2, -0.15) is 0 Å². The van der Waals surface area contributed by atoms with Crippen molar-refractivity contribution in [1.29, 1.82) is 0 Å². The van der Waals surface area contributed by atoms with Crippen LogP contribution in [0.4, 0.5) is 0 Å². The van der Waals surface area contributed by atoms with Gasteiger partial charge in [0.05, 0.1) is 18.7 Å². The molecule has 1 aromatic rings. The Balaban J connectivity index is 3.08. The van der Waals surface area contributed by atoms with Gasteiger partial charge in [-0.15, -0.1) is 0 Å². The van der Waals surface area contributed by atoms with Crippen molar-refractivity contribution >= 4 is 23.3 Å². The molecule has 86 valence electrons. The minimum absolute atomic E-state index is 0.169. The smallest absolute Gasteiger partial charge is 0.356 e. The number of carbonyl (C=O) groups is 1. The first-order valence-electron chi connectivity index (χ1n) is 4.66. The first kappa shape index (κ1) is 12.5. The number of esters is 1. The molecule has 0 bridgehead atoms. The summed E-state index contributed by atoms with van der Waals surface area (Å²) in [5.74, 6) is -0.123. The Morgan fingerprint density at radius 1 is 1.62 bits per heavy atom. The van der Waals surface area contributed by atoms with Crippen LogP contribution in [-0.2, 0) is 9.47 Å². The molecule has 0 N–H and O–H groups in total. The zero-order chi connectivity index (χ0) is 12.1. The highest BCUT2D eigenvalue weighted by Crippen LogP contribution is 2.23. The largest absolute Gasteiger partial charge is 0.494 e. The van der Waals surface area contributed by atoms with E-state index < -0.39 is 5.97 Å². The van der Waals surface area contributed by atoms with Gasteiger partial charge in [0.15, 0.2) is 0 Å². The molecule has 1 heterocycles. The van der Waals surface area contributed by atoms with E-state index in [9.17, 15) is 4.79 Å². The second-order valence-corrected chi connectivity index (χ2v) is 3.30. The number of nitrogens with zero attached hydrogens (tertiary/aromatic N) is 1. The van der Waals surface area contributed by atoms with Crippen molar-refractivity contribution in [2.45, 2.75) is 6.92 Å². The molecule has 0 aromatic carbocycles. The van der Waals surface area contributed by atoms with Gasteiger partial charge < -0.3 is 9.47 Å². The first-order valence-corrected chi connectivity index (χ1v) is 5.03. The van der Waals surface area contributed by atoms with E-state index in [4.69, 9.17) is 16.3 Å². The molecular formula is C11H12ClNO3. The minimum Gasteiger partial charge on any atom is -0.494 e. The summed E-state index contributed by atoms with van der Waals surface area (Å²) in [6.45, 7) is 6.03. The number of aromatic nitrogens is 1. The number of hydrogen-bond donors (Lipinski definition) is 0. The molecule has 16 heavy (non-hydrogen) atoms. The predicted octanol–water partition coefficient (Wildman–Crippen LogP) is 2.53. The number of halogens is 1. The van der Waals surface area contributed by atoms with Crippen molar-refractivity contribution in [1.82, 2.24) is 4.98 Å². The van der Waals surface area contributed by atoms with Gasteiger partial charge in [0, 0.05) is 11.8 Å². The Labute approximate surface area is 98.8 Å². The molecule has 0 saturated carbocycles. The number of ether oxygens (including phenoxy) is 2. The van der Waals surface area contributed by atoms with Gasteiger partial charge in [-0.3, -0.25) is 0 Å². The molecule has 0 saturated heterocycles. The molecule has 4 nitrogen and oxygen atoms in total. The van der Waals surface area contributed by atoms with Gasteiger partial charge in [-0.1, -0.05) is 18.2 Å². The van der Waals surface area contributed by atoms with Crippen LogP contribution in [0.15, 0.2) is 18.8 Å². The molecule has 0 unspecified atom stereocenters. The highest BCUT2D eigenvalue weighted by molar-refractivity contribution is 6.32. The molecule has 1 aromatic heterocycles. The lowest BCUT2D eigenvalue weighted by atomic mass is 10.2. The SMILES string of the molecule is C=C(OCC)c1cc(C(=O)OC)ncc1Cl. The maximum atomic E-state index is 11.3.